The molecule has 8 nitrogen and oxygen atoms in total. The maximum absolute atomic E-state index is 12.7. The number of carbonyl (C=O) groups excluding carboxylic acids is 1. The van der Waals surface area contributed by atoms with Crippen LogP contribution in [0.2, 0.25) is 0 Å². The van der Waals surface area contributed by atoms with Crippen molar-refractivity contribution in [3.05, 3.63) is 71.3 Å². The highest BCUT2D eigenvalue weighted by Gasteiger charge is 2.13. The summed E-state index contributed by atoms with van der Waals surface area (Å²) in [5.74, 6) is -1.68. The van der Waals surface area contributed by atoms with Crippen LogP contribution in [0, 0.1) is 0 Å². The van der Waals surface area contributed by atoms with Gasteiger partial charge in [-0.3, -0.25) is 4.79 Å². The number of carboxylic acids is 2. The highest BCUT2D eigenvalue weighted by molar-refractivity contribution is 6.08. The standard InChI is InChI=1S/C24H24O8/c1-16(2)11-12-30-19-8-9-20(22(13-19)32-15-24(28)29)21(25)10-5-17-3-6-18(7-4-17)31-14-23(26)27/h3-11,13H,12,14-15H2,1-2H3,(H,26,27)(H,28,29). The fourth-order valence-electron chi connectivity index (χ4n) is 2.44. The van der Waals surface area contributed by atoms with E-state index in [1.807, 2.05) is 19.9 Å². The summed E-state index contributed by atoms with van der Waals surface area (Å²) in [5, 5.41) is 17.5. The first-order valence-corrected chi connectivity index (χ1v) is 9.66. The molecule has 0 fully saturated rings. The summed E-state index contributed by atoms with van der Waals surface area (Å²) in [5.41, 5.74) is 1.97. The predicted molar refractivity (Wildman–Crippen MR) is 117 cm³/mol. The number of hydrogen-bond donors (Lipinski definition) is 2. The summed E-state index contributed by atoms with van der Waals surface area (Å²) < 4.78 is 15.9. The molecule has 0 aliphatic rings. The molecule has 0 unspecified atom stereocenters. The van der Waals surface area contributed by atoms with E-state index in [-0.39, 0.29) is 17.1 Å². The van der Waals surface area contributed by atoms with Gasteiger partial charge < -0.3 is 24.4 Å². The third-order valence-electron chi connectivity index (χ3n) is 3.98. The lowest BCUT2D eigenvalue weighted by atomic mass is 10.1. The summed E-state index contributed by atoms with van der Waals surface area (Å²) in [4.78, 5) is 34.1. The van der Waals surface area contributed by atoms with Crippen LogP contribution in [-0.2, 0) is 9.59 Å². The van der Waals surface area contributed by atoms with Gasteiger partial charge in [0.2, 0.25) is 0 Å². The third kappa shape index (κ3) is 8.35. The first kappa shape index (κ1) is 24.2. The third-order valence-corrected chi connectivity index (χ3v) is 3.98. The van der Waals surface area contributed by atoms with E-state index < -0.39 is 25.2 Å². The quantitative estimate of drug-likeness (QED) is 0.290. The Morgan fingerprint density at radius 2 is 1.47 bits per heavy atom. The molecule has 0 radical (unpaired) electrons. The van der Waals surface area contributed by atoms with E-state index in [4.69, 9.17) is 24.4 Å². The van der Waals surface area contributed by atoms with E-state index in [2.05, 4.69) is 0 Å². The number of allylic oxidation sites excluding steroid dienone is 2. The van der Waals surface area contributed by atoms with Gasteiger partial charge in [0.1, 0.15) is 23.9 Å². The topological polar surface area (TPSA) is 119 Å². The van der Waals surface area contributed by atoms with Crippen LogP contribution in [0.15, 0.2) is 60.2 Å². The first-order valence-electron chi connectivity index (χ1n) is 9.66. The van der Waals surface area contributed by atoms with Gasteiger partial charge in [-0.05, 0) is 55.8 Å². The minimum absolute atomic E-state index is 0.106. The molecule has 2 aromatic rings. The van der Waals surface area contributed by atoms with Crippen LogP contribution in [0.4, 0.5) is 0 Å². The summed E-state index contributed by atoms with van der Waals surface area (Å²) in [7, 11) is 0. The molecule has 0 amide bonds. The lowest BCUT2D eigenvalue weighted by Gasteiger charge is -2.11. The molecule has 0 saturated carbocycles. The molecule has 0 aliphatic heterocycles. The summed E-state index contributed by atoms with van der Waals surface area (Å²) in [6, 6.07) is 11.1. The summed E-state index contributed by atoms with van der Waals surface area (Å²) in [6.45, 7) is 3.17. The molecule has 0 spiro atoms. The molecule has 2 N–H and O–H groups in total. The van der Waals surface area contributed by atoms with Gasteiger partial charge in [-0.25, -0.2) is 9.59 Å². The smallest absolute Gasteiger partial charge is 0.341 e. The number of aliphatic carboxylic acids is 2. The molecule has 0 bridgehead atoms. The van der Waals surface area contributed by atoms with Crippen molar-refractivity contribution in [3.63, 3.8) is 0 Å². The zero-order chi connectivity index (χ0) is 23.5. The Kier molecular flexibility index (Phi) is 9.04. The molecule has 0 aromatic heterocycles. The molecule has 0 saturated heterocycles. The van der Waals surface area contributed by atoms with Gasteiger partial charge in [0.25, 0.3) is 0 Å². The SMILES string of the molecule is CC(C)=CCOc1ccc(C(=O)C=Cc2ccc(OCC(=O)O)cc2)c(OCC(=O)O)c1. The number of ketones is 1. The Bertz CT molecular complexity index is 1010. The van der Waals surface area contributed by atoms with Gasteiger partial charge in [-0.1, -0.05) is 23.8 Å². The molecular formula is C24H24O8. The van der Waals surface area contributed by atoms with Crippen LogP contribution in [-0.4, -0.2) is 47.8 Å². The molecule has 32 heavy (non-hydrogen) atoms. The highest BCUT2D eigenvalue weighted by atomic mass is 16.5. The Morgan fingerprint density at radius 1 is 0.844 bits per heavy atom. The van der Waals surface area contributed by atoms with Crippen molar-refractivity contribution in [1.82, 2.24) is 0 Å². The number of ether oxygens (including phenoxy) is 3. The van der Waals surface area contributed by atoms with Gasteiger partial charge in [-0.2, -0.15) is 0 Å². The fraction of sp³-hybridized carbons (Fsp3) is 0.208. The molecule has 2 aromatic carbocycles. The van der Waals surface area contributed by atoms with Crippen molar-refractivity contribution in [2.45, 2.75) is 13.8 Å². The zero-order valence-electron chi connectivity index (χ0n) is 17.7. The number of carbonyl (C=O) groups is 3. The van der Waals surface area contributed by atoms with Gasteiger partial charge >= 0.3 is 11.9 Å². The number of benzene rings is 2. The second-order valence-corrected chi connectivity index (χ2v) is 6.88. The minimum Gasteiger partial charge on any atom is -0.489 e. The van der Waals surface area contributed by atoms with Gasteiger partial charge in [0.15, 0.2) is 19.0 Å². The van der Waals surface area contributed by atoms with Gasteiger partial charge in [0.05, 0.1) is 5.56 Å². The number of hydrogen-bond acceptors (Lipinski definition) is 6. The van der Waals surface area contributed by atoms with Crippen molar-refractivity contribution in [2.75, 3.05) is 19.8 Å². The second-order valence-electron chi connectivity index (χ2n) is 6.88. The molecule has 168 valence electrons. The minimum atomic E-state index is -1.17. The molecule has 0 aliphatic carbocycles. The molecule has 0 atom stereocenters. The van der Waals surface area contributed by atoms with E-state index in [1.54, 1.807) is 36.4 Å². The summed E-state index contributed by atoms with van der Waals surface area (Å²) in [6.07, 6.45) is 4.79. The Balaban J connectivity index is 2.14. The largest absolute Gasteiger partial charge is 0.489 e. The number of carboxylic acid groups (broad SMARTS) is 2. The van der Waals surface area contributed by atoms with E-state index in [0.29, 0.717) is 23.7 Å². The average molecular weight is 440 g/mol. The van der Waals surface area contributed by atoms with E-state index >= 15 is 0 Å². The lowest BCUT2D eigenvalue weighted by Crippen LogP contribution is -2.12. The van der Waals surface area contributed by atoms with Crippen LogP contribution in [0.25, 0.3) is 6.08 Å². The number of rotatable bonds is 12. The van der Waals surface area contributed by atoms with E-state index in [1.165, 1.54) is 18.2 Å². The van der Waals surface area contributed by atoms with Crippen LogP contribution in [0.5, 0.6) is 17.2 Å². The van der Waals surface area contributed by atoms with Crippen molar-refractivity contribution in [1.29, 1.82) is 0 Å². The van der Waals surface area contributed by atoms with Crippen molar-refractivity contribution in [3.8, 4) is 17.2 Å². The molecular weight excluding hydrogens is 416 g/mol. The lowest BCUT2D eigenvalue weighted by molar-refractivity contribution is -0.140. The highest BCUT2D eigenvalue weighted by Crippen LogP contribution is 2.26. The van der Waals surface area contributed by atoms with E-state index in [0.717, 1.165) is 5.57 Å². The maximum atomic E-state index is 12.7. The average Bonchev–Trinajstić information content (AvgIpc) is 2.75. The monoisotopic (exact) mass is 440 g/mol. The summed E-state index contributed by atoms with van der Waals surface area (Å²) >= 11 is 0. The normalized spacial score (nSPS) is 10.4. The molecule has 0 heterocycles. The molecule has 8 heteroatoms. The predicted octanol–water partition coefficient (Wildman–Crippen LogP) is 3.85. The second kappa shape index (κ2) is 11.9. The van der Waals surface area contributed by atoms with Crippen LogP contribution in [0.3, 0.4) is 0 Å². The van der Waals surface area contributed by atoms with Crippen LogP contribution < -0.4 is 14.2 Å². The van der Waals surface area contributed by atoms with Gasteiger partial charge in [0, 0.05) is 6.07 Å². The molecule has 2 rings (SSSR count). The first-order chi connectivity index (χ1) is 15.2. The Labute approximate surface area is 185 Å². The van der Waals surface area contributed by atoms with Crippen LogP contribution >= 0.6 is 0 Å². The van der Waals surface area contributed by atoms with Crippen molar-refractivity contribution >= 4 is 23.8 Å². The fourth-order valence-corrected chi connectivity index (χ4v) is 2.44. The van der Waals surface area contributed by atoms with Crippen molar-refractivity contribution < 1.29 is 38.8 Å². The van der Waals surface area contributed by atoms with Crippen LogP contribution in [0.1, 0.15) is 29.8 Å². The zero-order valence-corrected chi connectivity index (χ0v) is 17.7. The Hall–Kier alpha value is -4.07. The van der Waals surface area contributed by atoms with Gasteiger partial charge in [-0.15, -0.1) is 0 Å². The Morgan fingerprint density at radius 3 is 2.09 bits per heavy atom. The maximum Gasteiger partial charge on any atom is 0.341 e. The van der Waals surface area contributed by atoms with E-state index in [9.17, 15) is 14.4 Å². The van der Waals surface area contributed by atoms with Crippen molar-refractivity contribution in [2.24, 2.45) is 0 Å².